The highest BCUT2D eigenvalue weighted by molar-refractivity contribution is 5.81. The van der Waals surface area contributed by atoms with Gasteiger partial charge < -0.3 is 10.6 Å². The van der Waals surface area contributed by atoms with Gasteiger partial charge in [-0.1, -0.05) is 67.6 Å². The topological polar surface area (TPSA) is 41.1 Å². The number of carbonyl (C=O) groups excluding carboxylic acids is 1. The molecule has 0 fully saturated rings. The predicted molar refractivity (Wildman–Crippen MR) is 95.2 cm³/mol. The van der Waals surface area contributed by atoms with E-state index >= 15 is 0 Å². The van der Waals surface area contributed by atoms with Gasteiger partial charge in [-0.2, -0.15) is 0 Å². The largest absolute Gasteiger partial charge is 0.351 e. The first kappa shape index (κ1) is 17.2. The van der Waals surface area contributed by atoms with Crippen molar-refractivity contribution in [2.75, 3.05) is 6.54 Å². The van der Waals surface area contributed by atoms with E-state index in [1.165, 1.54) is 5.56 Å². The molecule has 2 aromatic rings. The third kappa shape index (κ3) is 5.87. The maximum Gasteiger partial charge on any atom is 0.237 e. The molecule has 0 aliphatic rings. The van der Waals surface area contributed by atoms with Crippen molar-refractivity contribution < 1.29 is 4.79 Å². The molecule has 0 aromatic heterocycles. The summed E-state index contributed by atoms with van der Waals surface area (Å²) < 4.78 is 0. The number of nitrogens with one attached hydrogen (secondary N) is 2. The highest BCUT2D eigenvalue weighted by Gasteiger charge is 2.12. The van der Waals surface area contributed by atoms with Crippen LogP contribution >= 0.6 is 0 Å². The van der Waals surface area contributed by atoms with Gasteiger partial charge in [0.15, 0.2) is 0 Å². The van der Waals surface area contributed by atoms with Gasteiger partial charge in [0.2, 0.25) is 5.91 Å². The van der Waals surface area contributed by atoms with Gasteiger partial charge >= 0.3 is 0 Å². The summed E-state index contributed by atoms with van der Waals surface area (Å²) in [4.78, 5) is 12.1. The standard InChI is InChI=1S/C20H26N2O/c1-16(19-11-7-4-8-12-19)13-14-21-17(2)20(23)22-15-18-9-5-3-6-10-18/h3-12,16-17,21H,13-15H2,1-2H3,(H,22,23). The lowest BCUT2D eigenvalue weighted by Gasteiger charge is -2.16. The Morgan fingerprint density at radius 3 is 2.22 bits per heavy atom. The molecule has 2 N–H and O–H groups in total. The Labute approximate surface area is 139 Å². The van der Waals surface area contributed by atoms with E-state index in [2.05, 4.69) is 41.8 Å². The Balaban J connectivity index is 1.68. The fourth-order valence-corrected chi connectivity index (χ4v) is 2.50. The zero-order chi connectivity index (χ0) is 16.5. The second kappa shape index (κ2) is 9.11. The van der Waals surface area contributed by atoms with Gasteiger partial charge in [-0.15, -0.1) is 0 Å². The zero-order valence-corrected chi connectivity index (χ0v) is 14.0. The molecule has 0 saturated heterocycles. The molecule has 2 atom stereocenters. The Kier molecular flexibility index (Phi) is 6.82. The summed E-state index contributed by atoms with van der Waals surface area (Å²) in [5.74, 6) is 0.532. The third-order valence-corrected chi connectivity index (χ3v) is 4.10. The maximum atomic E-state index is 12.1. The Morgan fingerprint density at radius 1 is 0.957 bits per heavy atom. The monoisotopic (exact) mass is 310 g/mol. The summed E-state index contributed by atoms with van der Waals surface area (Å²) in [7, 11) is 0. The van der Waals surface area contributed by atoms with Crippen molar-refractivity contribution in [1.82, 2.24) is 10.6 Å². The van der Waals surface area contributed by atoms with E-state index < -0.39 is 0 Å². The molecule has 0 heterocycles. The van der Waals surface area contributed by atoms with Crippen LogP contribution in [0.15, 0.2) is 60.7 Å². The summed E-state index contributed by atoms with van der Waals surface area (Å²) in [5, 5.41) is 6.27. The van der Waals surface area contributed by atoms with Gasteiger partial charge in [-0.05, 0) is 36.9 Å². The first-order valence-corrected chi connectivity index (χ1v) is 8.27. The predicted octanol–water partition coefficient (Wildman–Crippen LogP) is 3.47. The molecule has 0 aliphatic carbocycles. The summed E-state index contributed by atoms with van der Waals surface area (Å²) in [6, 6.07) is 20.3. The molecule has 0 saturated carbocycles. The van der Waals surface area contributed by atoms with Crippen LogP contribution in [0.2, 0.25) is 0 Å². The molecule has 3 heteroatoms. The molecule has 122 valence electrons. The van der Waals surface area contributed by atoms with Crippen LogP contribution in [0, 0.1) is 0 Å². The highest BCUT2D eigenvalue weighted by Crippen LogP contribution is 2.17. The van der Waals surface area contributed by atoms with Crippen LogP contribution in [0.25, 0.3) is 0 Å². The van der Waals surface area contributed by atoms with E-state index in [1.54, 1.807) is 0 Å². The van der Waals surface area contributed by atoms with Crippen molar-refractivity contribution in [1.29, 1.82) is 0 Å². The summed E-state index contributed by atoms with van der Waals surface area (Å²) in [6.45, 7) is 5.53. The smallest absolute Gasteiger partial charge is 0.237 e. The molecule has 0 spiro atoms. The molecule has 23 heavy (non-hydrogen) atoms. The van der Waals surface area contributed by atoms with Crippen LogP contribution in [-0.2, 0) is 11.3 Å². The van der Waals surface area contributed by atoms with Crippen molar-refractivity contribution in [2.45, 2.75) is 38.8 Å². The molecule has 1 amide bonds. The van der Waals surface area contributed by atoms with E-state index in [0.717, 1.165) is 18.5 Å². The average Bonchev–Trinajstić information content (AvgIpc) is 2.61. The molecular weight excluding hydrogens is 284 g/mol. The quantitative estimate of drug-likeness (QED) is 0.784. The van der Waals surface area contributed by atoms with Crippen molar-refractivity contribution in [3.05, 3.63) is 71.8 Å². The normalized spacial score (nSPS) is 13.3. The SMILES string of the molecule is CC(NCCC(C)c1ccccc1)C(=O)NCc1ccccc1. The number of carbonyl (C=O) groups is 1. The number of hydrogen-bond donors (Lipinski definition) is 2. The molecule has 2 aromatic carbocycles. The van der Waals surface area contributed by atoms with Crippen molar-refractivity contribution >= 4 is 5.91 Å². The molecule has 0 aliphatic heterocycles. The van der Waals surface area contributed by atoms with Gasteiger partial charge in [0.1, 0.15) is 0 Å². The Morgan fingerprint density at radius 2 is 1.57 bits per heavy atom. The maximum absolute atomic E-state index is 12.1. The first-order chi connectivity index (χ1) is 11.2. The van der Waals surface area contributed by atoms with Gasteiger partial charge in [0.25, 0.3) is 0 Å². The Hall–Kier alpha value is -2.13. The van der Waals surface area contributed by atoms with Crippen molar-refractivity contribution in [3.63, 3.8) is 0 Å². The molecule has 0 bridgehead atoms. The number of rotatable bonds is 8. The number of hydrogen-bond acceptors (Lipinski definition) is 2. The zero-order valence-electron chi connectivity index (χ0n) is 14.0. The lowest BCUT2D eigenvalue weighted by molar-refractivity contribution is -0.122. The van der Waals surface area contributed by atoms with Crippen LogP contribution in [0.4, 0.5) is 0 Å². The van der Waals surface area contributed by atoms with Crippen molar-refractivity contribution in [3.8, 4) is 0 Å². The second-order valence-electron chi connectivity index (χ2n) is 5.98. The van der Waals surface area contributed by atoms with E-state index in [4.69, 9.17) is 0 Å². The summed E-state index contributed by atoms with van der Waals surface area (Å²) >= 11 is 0. The number of benzene rings is 2. The third-order valence-electron chi connectivity index (χ3n) is 4.10. The Bertz CT molecular complexity index is 583. The average molecular weight is 310 g/mol. The minimum Gasteiger partial charge on any atom is -0.351 e. The van der Waals surface area contributed by atoms with Gasteiger partial charge in [-0.3, -0.25) is 4.79 Å². The van der Waals surface area contributed by atoms with Gasteiger partial charge in [0.05, 0.1) is 6.04 Å². The van der Waals surface area contributed by atoms with Crippen LogP contribution in [0.1, 0.15) is 37.3 Å². The van der Waals surface area contributed by atoms with Crippen LogP contribution in [0.5, 0.6) is 0 Å². The summed E-state index contributed by atoms with van der Waals surface area (Å²) in [6.07, 6.45) is 1.01. The second-order valence-corrected chi connectivity index (χ2v) is 5.98. The molecular formula is C20H26N2O. The molecule has 0 radical (unpaired) electrons. The fourth-order valence-electron chi connectivity index (χ4n) is 2.50. The first-order valence-electron chi connectivity index (χ1n) is 8.27. The molecule has 3 nitrogen and oxygen atoms in total. The molecule has 2 rings (SSSR count). The minimum absolute atomic E-state index is 0.0428. The van der Waals surface area contributed by atoms with E-state index in [0.29, 0.717) is 12.5 Å². The minimum atomic E-state index is -0.179. The van der Waals surface area contributed by atoms with Gasteiger partial charge in [-0.25, -0.2) is 0 Å². The van der Waals surface area contributed by atoms with Crippen LogP contribution in [-0.4, -0.2) is 18.5 Å². The highest BCUT2D eigenvalue weighted by atomic mass is 16.2. The van der Waals surface area contributed by atoms with Crippen LogP contribution in [0.3, 0.4) is 0 Å². The summed E-state index contributed by atoms with van der Waals surface area (Å²) in [5.41, 5.74) is 2.46. The van der Waals surface area contributed by atoms with E-state index in [9.17, 15) is 4.79 Å². The van der Waals surface area contributed by atoms with Crippen LogP contribution < -0.4 is 10.6 Å². The lowest BCUT2D eigenvalue weighted by Crippen LogP contribution is -2.42. The van der Waals surface area contributed by atoms with E-state index in [-0.39, 0.29) is 11.9 Å². The molecule has 2 unspecified atom stereocenters. The fraction of sp³-hybridized carbons (Fsp3) is 0.350. The lowest BCUT2D eigenvalue weighted by atomic mass is 9.98. The number of amides is 1. The van der Waals surface area contributed by atoms with Gasteiger partial charge in [0, 0.05) is 6.54 Å². The van der Waals surface area contributed by atoms with Crippen molar-refractivity contribution in [2.24, 2.45) is 0 Å². The van der Waals surface area contributed by atoms with E-state index in [1.807, 2.05) is 43.3 Å².